The van der Waals surface area contributed by atoms with Gasteiger partial charge in [-0.2, -0.15) is 13.2 Å². The highest BCUT2D eigenvalue weighted by Crippen LogP contribution is 2.23. The monoisotopic (exact) mass is 284 g/mol. The van der Waals surface area contributed by atoms with E-state index in [4.69, 9.17) is 0 Å². The van der Waals surface area contributed by atoms with E-state index in [1.165, 1.54) is 6.07 Å². The molecule has 0 aromatic heterocycles. The topological polar surface area (TPSA) is 17.1 Å². The number of Topliss-reactive ketones (excluding diaryl/α,β-unsaturated/α-hetero) is 1. The van der Waals surface area contributed by atoms with Crippen LogP contribution in [0.5, 0.6) is 0 Å². The van der Waals surface area contributed by atoms with Crippen molar-refractivity contribution in [1.29, 1.82) is 0 Å². The minimum absolute atomic E-state index is 0.310. The van der Waals surface area contributed by atoms with Gasteiger partial charge in [0.2, 0.25) is 0 Å². The first-order chi connectivity index (χ1) is 6.86. The third-order valence-corrected chi connectivity index (χ3v) is 2.34. The molecule has 0 heterocycles. The van der Waals surface area contributed by atoms with Crippen LogP contribution in [-0.4, -0.2) is 12.0 Å². The Bertz CT molecular complexity index is 386. The number of hydrogen-bond acceptors (Lipinski definition) is 1. The van der Waals surface area contributed by atoms with Crippen molar-refractivity contribution in [3.63, 3.8) is 0 Å². The summed E-state index contributed by atoms with van der Waals surface area (Å²) in [6.07, 6.45) is -5.04. The van der Waals surface area contributed by atoms with E-state index in [1.807, 2.05) is 0 Å². The van der Waals surface area contributed by atoms with Crippen LogP contribution in [0.1, 0.15) is 15.9 Å². The lowest BCUT2D eigenvalue weighted by molar-refractivity contribution is -0.0887. The standard InChI is InChI=1S/C9H5BrF4O/c10-4-5-1-2-6(7(11)3-5)8(15)9(12,13)14/h1-3H,4H2. The van der Waals surface area contributed by atoms with Gasteiger partial charge in [0.1, 0.15) is 5.82 Å². The number of benzene rings is 1. The highest BCUT2D eigenvalue weighted by atomic mass is 79.9. The van der Waals surface area contributed by atoms with Gasteiger partial charge in [0.15, 0.2) is 0 Å². The van der Waals surface area contributed by atoms with E-state index >= 15 is 0 Å². The SMILES string of the molecule is O=C(c1ccc(CBr)cc1F)C(F)(F)F. The lowest BCUT2D eigenvalue weighted by atomic mass is 10.1. The van der Waals surface area contributed by atoms with Crippen LogP contribution in [-0.2, 0) is 5.33 Å². The molecule has 0 atom stereocenters. The zero-order valence-corrected chi connectivity index (χ0v) is 8.82. The molecule has 0 aliphatic heterocycles. The lowest BCUT2D eigenvalue weighted by Crippen LogP contribution is -2.23. The summed E-state index contributed by atoms with van der Waals surface area (Å²) in [6, 6.07) is 2.99. The molecule has 15 heavy (non-hydrogen) atoms. The number of carbonyl (C=O) groups is 1. The highest BCUT2D eigenvalue weighted by Gasteiger charge is 2.40. The molecule has 1 aromatic rings. The maximum atomic E-state index is 13.1. The highest BCUT2D eigenvalue weighted by molar-refractivity contribution is 9.08. The van der Waals surface area contributed by atoms with Gasteiger partial charge in [-0.15, -0.1) is 0 Å². The molecule has 0 aliphatic rings. The van der Waals surface area contributed by atoms with Gasteiger partial charge in [-0.1, -0.05) is 22.0 Å². The molecule has 0 N–H and O–H groups in total. The molecular weight excluding hydrogens is 280 g/mol. The summed E-state index contributed by atoms with van der Waals surface area (Å²) >= 11 is 3.02. The molecule has 1 nitrogen and oxygen atoms in total. The molecule has 6 heteroatoms. The van der Waals surface area contributed by atoms with Crippen molar-refractivity contribution in [2.24, 2.45) is 0 Å². The van der Waals surface area contributed by atoms with Crippen molar-refractivity contribution < 1.29 is 22.4 Å². The number of rotatable bonds is 2. The van der Waals surface area contributed by atoms with Crippen LogP contribution in [0.2, 0.25) is 0 Å². The Morgan fingerprint density at radius 2 is 1.93 bits per heavy atom. The summed E-state index contributed by atoms with van der Waals surface area (Å²) < 4.78 is 49.0. The van der Waals surface area contributed by atoms with E-state index in [0.717, 1.165) is 12.1 Å². The quantitative estimate of drug-likeness (QED) is 0.462. The molecule has 0 unspecified atom stereocenters. The van der Waals surface area contributed by atoms with Gasteiger partial charge >= 0.3 is 6.18 Å². The van der Waals surface area contributed by atoms with Crippen LogP contribution in [0.4, 0.5) is 17.6 Å². The minimum Gasteiger partial charge on any atom is -0.284 e. The van der Waals surface area contributed by atoms with Crippen LogP contribution in [0.3, 0.4) is 0 Å². The predicted octanol–water partition coefficient (Wildman–Crippen LogP) is 3.47. The second-order valence-electron chi connectivity index (χ2n) is 2.77. The van der Waals surface area contributed by atoms with Crippen molar-refractivity contribution in [2.45, 2.75) is 11.5 Å². The second kappa shape index (κ2) is 4.30. The third-order valence-electron chi connectivity index (χ3n) is 1.69. The van der Waals surface area contributed by atoms with E-state index in [0.29, 0.717) is 10.9 Å². The Labute approximate surface area is 91.2 Å². The van der Waals surface area contributed by atoms with Gasteiger partial charge in [-0.05, 0) is 17.7 Å². The molecule has 82 valence electrons. The first-order valence-corrected chi connectivity index (χ1v) is 4.94. The molecule has 0 aliphatic carbocycles. The fraction of sp³-hybridized carbons (Fsp3) is 0.222. The Morgan fingerprint density at radius 1 is 1.33 bits per heavy atom. The van der Waals surface area contributed by atoms with Crippen molar-refractivity contribution in [3.05, 3.63) is 35.1 Å². The Morgan fingerprint density at radius 3 is 2.33 bits per heavy atom. The van der Waals surface area contributed by atoms with E-state index < -0.39 is 23.3 Å². The molecule has 0 radical (unpaired) electrons. The first kappa shape index (κ1) is 12.2. The molecule has 0 spiro atoms. The van der Waals surface area contributed by atoms with Gasteiger partial charge in [0.25, 0.3) is 5.78 Å². The van der Waals surface area contributed by atoms with E-state index in [2.05, 4.69) is 15.9 Å². The lowest BCUT2D eigenvalue weighted by Gasteiger charge is -2.06. The van der Waals surface area contributed by atoms with Crippen LogP contribution in [0.15, 0.2) is 18.2 Å². The van der Waals surface area contributed by atoms with E-state index in [-0.39, 0.29) is 0 Å². The average molecular weight is 285 g/mol. The van der Waals surface area contributed by atoms with Crippen molar-refractivity contribution >= 4 is 21.7 Å². The molecular formula is C9H5BrF4O. The van der Waals surface area contributed by atoms with Gasteiger partial charge in [0.05, 0.1) is 5.56 Å². The zero-order valence-electron chi connectivity index (χ0n) is 7.24. The molecule has 0 fully saturated rings. The van der Waals surface area contributed by atoms with Gasteiger partial charge in [0, 0.05) is 5.33 Å². The minimum atomic E-state index is -5.04. The zero-order chi connectivity index (χ0) is 11.6. The summed E-state index contributed by atoms with van der Waals surface area (Å²) in [4.78, 5) is 10.7. The molecule has 0 saturated heterocycles. The number of hydrogen-bond donors (Lipinski definition) is 0. The molecule has 0 bridgehead atoms. The van der Waals surface area contributed by atoms with Crippen LogP contribution >= 0.6 is 15.9 Å². The predicted molar refractivity (Wildman–Crippen MR) is 49.4 cm³/mol. The number of carbonyl (C=O) groups excluding carboxylic acids is 1. The fourth-order valence-corrected chi connectivity index (χ4v) is 1.33. The summed E-state index contributed by atoms with van der Waals surface area (Å²) in [5, 5.41) is 0.310. The Kier molecular flexibility index (Phi) is 3.49. The molecule has 1 rings (SSSR count). The van der Waals surface area contributed by atoms with Crippen LogP contribution in [0, 0.1) is 5.82 Å². The average Bonchev–Trinajstić information content (AvgIpc) is 2.15. The van der Waals surface area contributed by atoms with Crippen LogP contribution < -0.4 is 0 Å². The van der Waals surface area contributed by atoms with Gasteiger partial charge in [-0.3, -0.25) is 4.79 Å². The molecule has 1 aromatic carbocycles. The summed E-state index contributed by atoms with van der Waals surface area (Å²) in [7, 11) is 0. The maximum Gasteiger partial charge on any atom is 0.454 e. The summed E-state index contributed by atoms with van der Waals surface area (Å²) in [5.74, 6) is -3.32. The normalized spacial score (nSPS) is 11.5. The number of halogens is 5. The summed E-state index contributed by atoms with van der Waals surface area (Å²) in [5.41, 5.74) is -0.488. The fourth-order valence-electron chi connectivity index (χ4n) is 0.979. The number of alkyl halides is 4. The largest absolute Gasteiger partial charge is 0.454 e. The van der Waals surface area contributed by atoms with Crippen molar-refractivity contribution in [3.8, 4) is 0 Å². The van der Waals surface area contributed by atoms with E-state index in [9.17, 15) is 22.4 Å². The number of ketones is 1. The third kappa shape index (κ3) is 2.77. The van der Waals surface area contributed by atoms with Gasteiger partial charge < -0.3 is 0 Å². The summed E-state index contributed by atoms with van der Waals surface area (Å²) in [6.45, 7) is 0. The first-order valence-electron chi connectivity index (χ1n) is 3.82. The Hall–Kier alpha value is -0.910. The maximum absolute atomic E-state index is 13.1. The van der Waals surface area contributed by atoms with Crippen LogP contribution in [0.25, 0.3) is 0 Å². The molecule has 0 saturated carbocycles. The smallest absolute Gasteiger partial charge is 0.284 e. The van der Waals surface area contributed by atoms with Crippen molar-refractivity contribution in [2.75, 3.05) is 0 Å². The van der Waals surface area contributed by atoms with E-state index in [1.54, 1.807) is 0 Å². The molecule has 0 amide bonds. The second-order valence-corrected chi connectivity index (χ2v) is 3.34. The van der Waals surface area contributed by atoms with Crippen molar-refractivity contribution in [1.82, 2.24) is 0 Å². The Balaban J connectivity index is 3.12. The van der Waals surface area contributed by atoms with Gasteiger partial charge in [-0.25, -0.2) is 4.39 Å².